The van der Waals surface area contributed by atoms with Crippen molar-refractivity contribution in [3.63, 3.8) is 0 Å². The van der Waals surface area contributed by atoms with Gasteiger partial charge in [0.25, 0.3) is 0 Å². The fraction of sp³-hybridized carbons (Fsp3) is 0.333. The maximum atomic E-state index is 13.4. The van der Waals surface area contributed by atoms with E-state index in [1.54, 1.807) is 18.4 Å². The second-order valence-corrected chi connectivity index (χ2v) is 5.74. The van der Waals surface area contributed by atoms with Gasteiger partial charge in [-0.3, -0.25) is 0 Å². The number of hydrogen-bond donors (Lipinski definition) is 1. The van der Waals surface area contributed by atoms with E-state index in [0.29, 0.717) is 29.4 Å². The number of rotatable bonds is 6. The molecular formula is C15H15BrFNO2. The Hall–Kier alpha value is -1.33. The van der Waals surface area contributed by atoms with Gasteiger partial charge in [-0.1, -0.05) is 0 Å². The predicted molar refractivity (Wildman–Crippen MR) is 77.0 cm³/mol. The van der Waals surface area contributed by atoms with Crippen molar-refractivity contribution in [3.8, 4) is 5.75 Å². The van der Waals surface area contributed by atoms with Crippen molar-refractivity contribution < 1.29 is 13.5 Å². The highest BCUT2D eigenvalue weighted by atomic mass is 79.9. The number of hydrogen-bond acceptors (Lipinski definition) is 3. The molecule has 0 atom stereocenters. The Kier molecular flexibility index (Phi) is 4.08. The molecule has 1 aromatic carbocycles. The van der Waals surface area contributed by atoms with Crippen LogP contribution in [0.4, 0.5) is 4.39 Å². The molecule has 0 aliphatic heterocycles. The van der Waals surface area contributed by atoms with Crippen molar-refractivity contribution in [2.45, 2.75) is 32.0 Å². The normalized spacial score (nSPS) is 14.5. The lowest BCUT2D eigenvalue weighted by molar-refractivity contribution is 0.299. The summed E-state index contributed by atoms with van der Waals surface area (Å²) in [6.07, 6.45) is 4.14. The third kappa shape index (κ3) is 3.41. The number of ether oxygens (including phenoxy) is 1. The Morgan fingerprint density at radius 3 is 2.95 bits per heavy atom. The molecule has 3 rings (SSSR count). The maximum Gasteiger partial charge on any atom is 0.141 e. The van der Waals surface area contributed by atoms with E-state index < -0.39 is 0 Å². The van der Waals surface area contributed by atoms with Gasteiger partial charge in [0.2, 0.25) is 0 Å². The molecule has 3 nitrogen and oxygen atoms in total. The smallest absolute Gasteiger partial charge is 0.141 e. The van der Waals surface area contributed by atoms with Crippen LogP contribution in [0.5, 0.6) is 5.75 Å². The second kappa shape index (κ2) is 5.97. The maximum absolute atomic E-state index is 13.4. The number of furan rings is 1. The van der Waals surface area contributed by atoms with Crippen molar-refractivity contribution in [1.82, 2.24) is 5.32 Å². The highest BCUT2D eigenvalue weighted by molar-refractivity contribution is 9.10. The SMILES string of the molecule is Fc1cc(OCc2ccoc2CNC2CC2)ccc1Br. The largest absolute Gasteiger partial charge is 0.489 e. The molecule has 0 unspecified atom stereocenters. The zero-order valence-corrected chi connectivity index (χ0v) is 12.5. The number of nitrogens with one attached hydrogen (secondary N) is 1. The van der Waals surface area contributed by atoms with E-state index >= 15 is 0 Å². The topological polar surface area (TPSA) is 34.4 Å². The van der Waals surface area contributed by atoms with Crippen LogP contribution in [0.3, 0.4) is 0 Å². The van der Waals surface area contributed by atoms with Crippen LogP contribution in [0, 0.1) is 5.82 Å². The third-order valence-electron chi connectivity index (χ3n) is 3.25. The molecule has 2 aromatic rings. The van der Waals surface area contributed by atoms with E-state index in [4.69, 9.17) is 9.15 Å². The lowest BCUT2D eigenvalue weighted by Crippen LogP contribution is -2.16. The minimum absolute atomic E-state index is 0.328. The van der Waals surface area contributed by atoms with E-state index in [1.807, 2.05) is 6.07 Å². The van der Waals surface area contributed by atoms with Crippen LogP contribution in [-0.2, 0) is 13.2 Å². The summed E-state index contributed by atoms with van der Waals surface area (Å²) in [5.41, 5.74) is 0.987. The number of halogens is 2. The Labute approximate surface area is 125 Å². The van der Waals surface area contributed by atoms with Crippen LogP contribution >= 0.6 is 15.9 Å². The first-order valence-electron chi connectivity index (χ1n) is 6.59. The van der Waals surface area contributed by atoms with E-state index in [-0.39, 0.29) is 5.82 Å². The third-order valence-corrected chi connectivity index (χ3v) is 3.89. The molecule has 0 saturated heterocycles. The number of benzene rings is 1. The van der Waals surface area contributed by atoms with Crippen molar-refractivity contribution in [1.29, 1.82) is 0 Å². The quantitative estimate of drug-likeness (QED) is 0.863. The fourth-order valence-corrected chi connectivity index (χ4v) is 2.15. The average Bonchev–Trinajstić information content (AvgIpc) is 3.16. The zero-order chi connectivity index (χ0) is 13.9. The van der Waals surface area contributed by atoms with Crippen molar-refractivity contribution >= 4 is 15.9 Å². The summed E-state index contributed by atoms with van der Waals surface area (Å²) in [4.78, 5) is 0. The van der Waals surface area contributed by atoms with Crippen LogP contribution in [0.1, 0.15) is 24.2 Å². The highest BCUT2D eigenvalue weighted by Gasteiger charge is 2.21. The van der Waals surface area contributed by atoms with Gasteiger partial charge < -0.3 is 14.5 Å². The molecule has 0 bridgehead atoms. The molecule has 1 aliphatic rings. The van der Waals surface area contributed by atoms with Gasteiger partial charge in [0, 0.05) is 17.7 Å². The van der Waals surface area contributed by atoms with Gasteiger partial charge in [0.05, 0.1) is 17.3 Å². The van der Waals surface area contributed by atoms with Gasteiger partial charge in [0.15, 0.2) is 0 Å². The van der Waals surface area contributed by atoms with Crippen LogP contribution < -0.4 is 10.1 Å². The molecule has 1 N–H and O–H groups in total. The summed E-state index contributed by atoms with van der Waals surface area (Å²) in [6, 6.07) is 7.26. The standard InChI is InChI=1S/C15H15BrFNO2/c16-13-4-3-12(7-14(13)17)20-9-10-5-6-19-15(10)8-18-11-1-2-11/h3-7,11,18H,1-2,8-9H2. The first-order valence-corrected chi connectivity index (χ1v) is 7.38. The molecule has 1 aliphatic carbocycles. The van der Waals surface area contributed by atoms with Crippen LogP contribution in [0.2, 0.25) is 0 Å². The molecule has 20 heavy (non-hydrogen) atoms. The van der Waals surface area contributed by atoms with Crippen LogP contribution in [-0.4, -0.2) is 6.04 Å². The van der Waals surface area contributed by atoms with Gasteiger partial charge in [-0.15, -0.1) is 0 Å². The Morgan fingerprint density at radius 1 is 1.35 bits per heavy atom. The predicted octanol–water partition coefficient (Wildman–Crippen LogP) is 4.01. The van der Waals surface area contributed by atoms with Crippen LogP contribution in [0.25, 0.3) is 0 Å². The van der Waals surface area contributed by atoms with Gasteiger partial charge in [-0.05, 0) is 47.0 Å². The Balaban J connectivity index is 1.59. The first-order chi connectivity index (χ1) is 9.72. The van der Waals surface area contributed by atoms with Crippen molar-refractivity contribution in [3.05, 3.63) is 52.1 Å². The molecule has 0 amide bonds. The van der Waals surface area contributed by atoms with Gasteiger partial charge in [-0.25, -0.2) is 4.39 Å². The molecule has 0 spiro atoms. The van der Waals surface area contributed by atoms with Crippen molar-refractivity contribution in [2.75, 3.05) is 0 Å². The van der Waals surface area contributed by atoms with E-state index in [0.717, 1.165) is 11.3 Å². The molecule has 1 saturated carbocycles. The lowest BCUT2D eigenvalue weighted by atomic mass is 10.2. The molecule has 1 fully saturated rings. The molecule has 1 aromatic heterocycles. The average molecular weight is 340 g/mol. The summed E-state index contributed by atoms with van der Waals surface area (Å²) in [5.74, 6) is 1.06. The Morgan fingerprint density at radius 2 is 2.20 bits per heavy atom. The van der Waals surface area contributed by atoms with Crippen LogP contribution in [0.15, 0.2) is 39.4 Å². The minimum Gasteiger partial charge on any atom is -0.489 e. The molecule has 1 heterocycles. The zero-order valence-electron chi connectivity index (χ0n) is 10.9. The van der Waals surface area contributed by atoms with Gasteiger partial charge in [0.1, 0.15) is 23.9 Å². The fourth-order valence-electron chi connectivity index (χ4n) is 1.90. The van der Waals surface area contributed by atoms with Gasteiger partial charge >= 0.3 is 0 Å². The lowest BCUT2D eigenvalue weighted by Gasteiger charge is -2.07. The van der Waals surface area contributed by atoms with E-state index in [9.17, 15) is 4.39 Å². The summed E-state index contributed by atoms with van der Waals surface area (Å²) in [5, 5.41) is 3.40. The molecule has 106 valence electrons. The molecular weight excluding hydrogens is 325 g/mol. The summed E-state index contributed by atoms with van der Waals surface area (Å²) in [6.45, 7) is 1.09. The Bertz CT molecular complexity index is 595. The van der Waals surface area contributed by atoms with Crippen molar-refractivity contribution in [2.24, 2.45) is 0 Å². The van der Waals surface area contributed by atoms with E-state index in [1.165, 1.54) is 18.9 Å². The molecule has 5 heteroatoms. The van der Waals surface area contributed by atoms with Gasteiger partial charge in [-0.2, -0.15) is 0 Å². The second-order valence-electron chi connectivity index (χ2n) is 4.89. The monoisotopic (exact) mass is 339 g/mol. The summed E-state index contributed by atoms with van der Waals surface area (Å²) >= 11 is 3.12. The summed E-state index contributed by atoms with van der Waals surface area (Å²) < 4.78 is 24.9. The highest BCUT2D eigenvalue weighted by Crippen LogP contribution is 2.23. The summed E-state index contributed by atoms with van der Waals surface area (Å²) in [7, 11) is 0. The first kappa shape index (κ1) is 13.6. The van der Waals surface area contributed by atoms with E-state index in [2.05, 4.69) is 21.2 Å². The minimum atomic E-state index is -0.328. The molecule has 0 radical (unpaired) electrons.